The number of nitro groups is 1. The minimum absolute atomic E-state index is 0.0619. The maximum Gasteiger partial charge on any atom is 0.270 e. The van der Waals surface area contributed by atoms with E-state index in [0.717, 1.165) is 18.0 Å². The van der Waals surface area contributed by atoms with Gasteiger partial charge in [0.2, 0.25) is 5.13 Å². The second-order valence-corrected chi connectivity index (χ2v) is 8.07. The van der Waals surface area contributed by atoms with Crippen LogP contribution in [0, 0.1) is 16.0 Å². The summed E-state index contributed by atoms with van der Waals surface area (Å²) in [6.45, 7) is 6.58. The third kappa shape index (κ3) is 4.04. The van der Waals surface area contributed by atoms with Crippen molar-refractivity contribution in [2.24, 2.45) is 5.92 Å². The zero-order valence-electron chi connectivity index (χ0n) is 14.7. The third-order valence-electron chi connectivity index (χ3n) is 4.82. The lowest BCUT2D eigenvalue weighted by Crippen LogP contribution is -2.40. The second-order valence-electron chi connectivity index (χ2n) is 7.09. The Kier molecular flexibility index (Phi) is 4.85. The molecule has 0 saturated heterocycles. The molecular weight excluding hydrogens is 336 g/mol. The quantitative estimate of drug-likeness (QED) is 0.459. The number of rotatable bonds is 5. The lowest BCUT2D eigenvalue weighted by Gasteiger charge is -2.36. The summed E-state index contributed by atoms with van der Waals surface area (Å²) in [6, 6.07) is 6.50. The fraction of sp³-hybridized carbons (Fsp3) is 0.444. The number of nitro benzene ring substituents is 1. The Labute approximate surface area is 151 Å². The maximum atomic E-state index is 10.9. The number of non-ortho nitro benzene ring substituents is 1. The molecule has 6 nitrogen and oxygen atoms in total. The minimum Gasteiger partial charge on any atom is -0.355 e. The van der Waals surface area contributed by atoms with Gasteiger partial charge in [0.25, 0.3) is 5.69 Å². The number of allylic oxidation sites excluding steroid dienone is 2. The Hall–Kier alpha value is -2.28. The second kappa shape index (κ2) is 6.92. The van der Waals surface area contributed by atoms with Crippen LogP contribution in [0.5, 0.6) is 0 Å². The summed E-state index contributed by atoms with van der Waals surface area (Å²) >= 11 is 1.43. The van der Waals surface area contributed by atoms with Gasteiger partial charge in [-0.3, -0.25) is 10.1 Å². The highest BCUT2D eigenvalue weighted by atomic mass is 32.1. The first-order chi connectivity index (χ1) is 11.8. The molecule has 1 aliphatic carbocycles. The lowest BCUT2D eigenvalue weighted by molar-refractivity contribution is -0.384. The van der Waals surface area contributed by atoms with Crippen LogP contribution in [-0.4, -0.2) is 20.7 Å². The summed E-state index contributed by atoms with van der Waals surface area (Å²) in [4.78, 5) is 10.5. The Morgan fingerprint density at radius 3 is 2.84 bits per heavy atom. The molecule has 132 valence electrons. The zero-order chi connectivity index (χ0) is 18.0. The van der Waals surface area contributed by atoms with Crippen molar-refractivity contribution in [3.05, 3.63) is 46.0 Å². The van der Waals surface area contributed by atoms with E-state index >= 15 is 0 Å². The van der Waals surface area contributed by atoms with Crippen molar-refractivity contribution in [2.45, 2.75) is 45.6 Å². The molecule has 1 heterocycles. The predicted octanol–water partition coefficient (Wildman–Crippen LogP) is 5.05. The van der Waals surface area contributed by atoms with Crippen molar-refractivity contribution < 1.29 is 4.92 Å². The van der Waals surface area contributed by atoms with Crippen LogP contribution < -0.4 is 5.32 Å². The summed E-state index contributed by atoms with van der Waals surface area (Å²) in [6.07, 6.45) is 5.71. The van der Waals surface area contributed by atoms with Crippen molar-refractivity contribution in [3.63, 3.8) is 0 Å². The van der Waals surface area contributed by atoms with Crippen molar-refractivity contribution in [3.8, 4) is 10.6 Å². The summed E-state index contributed by atoms with van der Waals surface area (Å²) < 4.78 is 0. The van der Waals surface area contributed by atoms with Crippen molar-refractivity contribution >= 4 is 22.2 Å². The number of hydrogen-bond acceptors (Lipinski definition) is 6. The van der Waals surface area contributed by atoms with E-state index in [-0.39, 0.29) is 11.2 Å². The van der Waals surface area contributed by atoms with Crippen LogP contribution in [0.2, 0.25) is 0 Å². The predicted molar refractivity (Wildman–Crippen MR) is 101 cm³/mol. The van der Waals surface area contributed by atoms with Gasteiger partial charge < -0.3 is 5.32 Å². The van der Waals surface area contributed by atoms with Gasteiger partial charge in [-0.25, -0.2) is 0 Å². The van der Waals surface area contributed by atoms with Gasteiger partial charge in [-0.15, -0.1) is 10.2 Å². The van der Waals surface area contributed by atoms with Gasteiger partial charge in [0, 0.05) is 23.2 Å². The smallest absolute Gasteiger partial charge is 0.270 e. The molecule has 0 fully saturated rings. The number of nitrogens with one attached hydrogen (secondary N) is 1. The summed E-state index contributed by atoms with van der Waals surface area (Å²) in [7, 11) is 0. The first-order valence-corrected chi connectivity index (χ1v) is 9.19. The lowest BCUT2D eigenvalue weighted by atomic mass is 9.78. The molecule has 1 aliphatic rings. The van der Waals surface area contributed by atoms with E-state index in [9.17, 15) is 10.1 Å². The number of aromatic nitrogens is 2. The van der Waals surface area contributed by atoms with E-state index in [0.29, 0.717) is 16.5 Å². The van der Waals surface area contributed by atoms with E-state index in [1.165, 1.54) is 35.5 Å². The SMILES string of the molecule is CC1=CC[C@H](C(C)(C)Nc2nnc(-c3cccc([N+](=O)[O-])c3)s2)CC1. The van der Waals surface area contributed by atoms with E-state index in [1.54, 1.807) is 6.07 Å². The Balaban J connectivity index is 1.75. The largest absolute Gasteiger partial charge is 0.355 e. The fourth-order valence-corrected chi connectivity index (χ4v) is 4.05. The molecule has 2 aromatic rings. The first kappa shape index (κ1) is 17.5. The van der Waals surface area contributed by atoms with Crippen molar-refractivity contribution in [1.29, 1.82) is 0 Å². The molecule has 0 bridgehead atoms. The number of nitrogens with zero attached hydrogens (tertiary/aromatic N) is 3. The van der Waals surface area contributed by atoms with Crippen LogP contribution >= 0.6 is 11.3 Å². The van der Waals surface area contributed by atoms with E-state index in [1.807, 2.05) is 6.07 Å². The zero-order valence-corrected chi connectivity index (χ0v) is 15.5. The summed E-state index contributed by atoms with van der Waals surface area (Å²) in [5, 5.41) is 24.3. The van der Waals surface area contributed by atoms with Gasteiger partial charge in [0.15, 0.2) is 0 Å². The standard InChI is InChI=1S/C18H22N4O2S/c1-12-7-9-14(10-8-12)18(2,3)19-17-21-20-16(25-17)13-5-4-6-15(11-13)22(23)24/h4-7,11,14H,8-10H2,1-3H3,(H,19,21)/t14-/m0/s1. The molecule has 0 spiro atoms. The average molecular weight is 358 g/mol. The van der Waals surface area contributed by atoms with Gasteiger partial charge in [-0.1, -0.05) is 35.1 Å². The van der Waals surface area contributed by atoms with Crippen LogP contribution in [0.3, 0.4) is 0 Å². The molecule has 1 atom stereocenters. The fourth-order valence-electron chi connectivity index (χ4n) is 3.14. The summed E-state index contributed by atoms with van der Waals surface area (Å²) in [5.74, 6) is 0.543. The molecular formula is C18H22N4O2S. The van der Waals surface area contributed by atoms with Crippen LogP contribution in [0.1, 0.15) is 40.0 Å². The van der Waals surface area contributed by atoms with Crippen molar-refractivity contribution in [1.82, 2.24) is 10.2 Å². The van der Waals surface area contributed by atoms with Crippen LogP contribution in [0.15, 0.2) is 35.9 Å². The van der Waals surface area contributed by atoms with Crippen LogP contribution in [0.25, 0.3) is 10.6 Å². The molecule has 0 saturated carbocycles. The summed E-state index contributed by atoms with van der Waals surface area (Å²) in [5.41, 5.74) is 2.16. The van der Waals surface area contributed by atoms with Crippen molar-refractivity contribution in [2.75, 3.05) is 5.32 Å². The number of anilines is 1. The minimum atomic E-state index is -0.397. The number of benzene rings is 1. The average Bonchev–Trinajstić information content (AvgIpc) is 3.03. The highest BCUT2D eigenvalue weighted by molar-refractivity contribution is 7.18. The van der Waals surface area contributed by atoms with E-state index in [4.69, 9.17) is 0 Å². The van der Waals surface area contributed by atoms with Gasteiger partial charge in [-0.2, -0.15) is 0 Å². The van der Waals surface area contributed by atoms with Crippen LogP contribution in [0.4, 0.5) is 10.8 Å². The van der Waals surface area contributed by atoms with E-state index in [2.05, 4.69) is 42.4 Å². The highest BCUT2D eigenvalue weighted by Crippen LogP contribution is 2.36. The normalized spacial score (nSPS) is 17.9. The van der Waals surface area contributed by atoms with Gasteiger partial charge in [-0.05, 0) is 46.0 Å². The topological polar surface area (TPSA) is 81.0 Å². The van der Waals surface area contributed by atoms with Gasteiger partial charge >= 0.3 is 0 Å². The molecule has 1 N–H and O–H groups in total. The molecule has 1 aromatic carbocycles. The highest BCUT2D eigenvalue weighted by Gasteiger charge is 2.31. The van der Waals surface area contributed by atoms with Gasteiger partial charge in [0.05, 0.1) is 4.92 Å². The molecule has 0 aliphatic heterocycles. The third-order valence-corrected chi connectivity index (χ3v) is 5.70. The first-order valence-electron chi connectivity index (χ1n) is 8.37. The Bertz CT molecular complexity index is 813. The molecule has 25 heavy (non-hydrogen) atoms. The molecule has 1 aromatic heterocycles. The molecule has 0 unspecified atom stereocenters. The Morgan fingerprint density at radius 1 is 1.36 bits per heavy atom. The van der Waals surface area contributed by atoms with Crippen LogP contribution in [-0.2, 0) is 0 Å². The monoisotopic (exact) mass is 358 g/mol. The molecule has 0 amide bonds. The Morgan fingerprint density at radius 2 is 2.16 bits per heavy atom. The van der Waals surface area contributed by atoms with E-state index < -0.39 is 4.92 Å². The van der Waals surface area contributed by atoms with Gasteiger partial charge in [0.1, 0.15) is 5.01 Å². The number of hydrogen-bond donors (Lipinski definition) is 1. The molecule has 7 heteroatoms. The molecule has 0 radical (unpaired) electrons. The molecule has 3 rings (SSSR count). The maximum absolute atomic E-state index is 10.9.